The largest absolute Gasteiger partial charge is 0.365 e. The number of epoxide rings is 2. The molecule has 2 N–H and O–H groups in total. The number of amides is 1. The molecule has 0 bridgehead atoms. The van der Waals surface area contributed by atoms with Crippen LogP contribution in [0.4, 0.5) is 0 Å². The second kappa shape index (κ2) is 7.39. The van der Waals surface area contributed by atoms with Crippen molar-refractivity contribution in [3.05, 3.63) is 48.2 Å². The lowest BCUT2D eigenvalue weighted by Crippen LogP contribution is -2.59. The number of hydrogen-bond donors (Lipinski definition) is 2. The standard InChI is InChI=1S/C29H32N2O5/c1-14-7-6-9-18-26-28(3,36-26)15(2)22-20(12-16-13-30-19-10-5-4-8-17(16)19)31-27(34)29(18,22)25(33)24-23(35-24)21(32)11-14/h4-6,8-10,13-15,18,20,22-24,26,30H,7,11-12H2,1-3H3,(H,31,34)/b9-6+/t14-,15?,18-,20-,22?,23-,24+,26-,28+,29-/m0/s1. The zero-order valence-corrected chi connectivity index (χ0v) is 20.8. The summed E-state index contributed by atoms with van der Waals surface area (Å²) in [6, 6.07) is 7.90. The number of ether oxygens (including phenoxy) is 2. The normalized spacial score (nSPS) is 46.1. The van der Waals surface area contributed by atoms with E-state index in [1.165, 1.54) is 0 Å². The average Bonchev–Trinajstić information content (AvgIpc) is 3.72. The molecule has 1 amide bonds. The Morgan fingerprint density at radius 3 is 2.75 bits per heavy atom. The van der Waals surface area contributed by atoms with Gasteiger partial charge in [-0.15, -0.1) is 0 Å². The maximum atomic E-state index is 14.3. The van der Waals surface area contributed by atoms with Crippen LogP contribution in [0.2, 0.25) is 0 Å². The summed E-state index contributed by atoms with van der Waals surface area (Å²) in [4.78, 5) is 44.6. The summed E-state index contributed by atoms with van der Waals surface area (Å²) in [5.74, 6) is -1.04. The molecule has 7 nitrogen and oxygen atoms in total. The van der Waals surface area contributed by atoms with Crippen molar-refractivity contribution in [3.63, 3.8) is 0 Å². The van der Waals surface area contributed by atoms with Crippen LogP contribution in [0.15, 0.2) is 42.6 Å². The maximum Gasteiger partial charge on any atom is 0.235 e. The van der Waals surface area contributed by atoms with Crippen LogP contribution in [0, 0.1) is 29.1 Å². The van der Waals surface area contributed by atoms with E-state index in [1.54, 1.807) is 0 Å². The minimum absolute atomic E-state index is 0.0257. The molecule has 4 fully saturated rings. The Kier molecular flexibility index (Phi) is 4.60. The summed E-state index contributed by atoms with van der Waals surface area (Å²) < 4.78 is 12.0. The van der Waals surface area contributed by atoms with Crippen molar-refractivity contribution < 1.29 is 23.9 Å². The maximum absolute atomic E-state index is 14.3. The summed E-state index contributed by atoms with van der Waals surface area (Å²) in [7, 11) is 0. The number of fused-ring (bicyclic) bond motifs is 4. The van der Waals surface area contributed by atoms with Gasteiger partial charge in [0.05, 0.1) is 11.7 Å². The van der Waals surface area contributed by atoms with E-state index in [0.29, 0.717) is 19.3 Å². The van der Waals surface area contributed by atoms with E-state index in [2.05, 4.69) is 36.3 Å². The fourth-order valence-electron chi connectivity index (χ4n) is 7.79. The fourth-order valence-corrected chi connectivity index (χ4v) is 7.79. The van der Waals surface area contributed by atoms with Crippen LogP contribution >= 0.6 is 0 Å². The Balaban J connectivity index is 1.35. The van der Waals surface area contributed by atoms with Gasteiger partial charge in [-0.1, -0.05) is 44.2 Å². The minimum Gasteiger partial charge on any atom is -0.365 e. The van der Waals surface area contributed by atoms with Crippen LogP contribution in [-0.2, 0) is 30.3 Å². The van der Waals surface area contributed by atoms with Crippen molar-refractivity contribution in [2.45, 2.75) is 70.0 Å². The van der Waals surface area contributed by atoms with Crippen LogP contribution in [0.25, 0.3) is 10.9 Å². The van der Waals surface area contributed by atoms with Gasteiger partial charge in [-0.3, -0.25) is 14.4 Å². The van der Waals surface area contributed by atoms with Crippen LogP contribution in [0.3, 0.4) is 0 Å². The molecule has 36 heavy (non-hydrogen) atoms. The smallest absolute Gasteiger partial charge is 0.235 e. The van der Waals surface area contributed by atoms with Gasteiger partial charge in [0, 0.05) is 41.4 Å². The zero-order chi connectivity index (χ0) is 25.0. The molecule has 0 radical (unpaired) electrons. The summed E-state index contributed by atoms with van der Waals surface area (Å²) in [6.45, 7) is 6.27. The number of benzene rings is 1. The Morgan fingerprint density at radius 1 is 1.11 bits per heavy atom. The van der Waals surface area contributed by atoms with Crippen molar-refractivity contribution in [2.75, 3.05) is 0 Å². The Hall–Kier alpha value is -2.77. The second-order valence-corrected chi connectivity index (χ2v) is 11.9. The summed E-state index contributed by atoms with van der Waals surface area (Å²) in [6.07, 6.45) is 6.05. The lowest BCUT2D eigenvalue weighted by Gasteiger charge is -2.45. The molecule has 1 aromatic carbocycles. The number of carbonyl (C=O) groups is 3. The first-order chi connectivity index (χ1) is 17.3. The van der Waals surface area contributed by atoms with Crippen LogP contribution in [-0.4, -0.2) is 52.4 Å². The van der Waals surface area contributed by atoms with Crippen molar-refractivity contribution in [3.8, 4) is 0 Å². The molecule has 5 aliphatic rings. The van der Waals surface area contributed by atoms with E-state index in [9.17, 15) is 14.4 Å². The molecular formula is C29H32N2O5. The average molecular weight is 489 g/mol. The first-order valence-corrected chi connectivity index (χ1v) is 13.2. The van der Waals surface area contributed by atoms with Gasteiger partial charge in [0.2, 0.25) is 5.91 Å². The van der Waals surface area contributed by atoms with Gasteiger partial charge in [-0.2, -0.15) is 0 Å². The number of rotatable bonds is 2. The molecular weight excluding hydrogens is 456 g/mol. The van der Waals surface area contributed by atoms with Gasteiger partial charge in [0.15, 0.2) is 17.7 Å². The highest BCUT2D eigenvalue weighted by atomic mass is 16.6. The predicted octanol–water partition coefficient (Wildman–Crippen LogP) is 3.13. The highest BCUT2D eigenvalue weighted by Crippen LogP contribution is 2.66. The van der Waals surface area contributed by atoms with Gasteiger partial charge in [0.25, 0.3) is 0 Å². The molecule has 7 heteroatoms. The Bertz CT molecular complexity index is 1330. The molecule has 10 atom stereocenters. The fraction of sp³-hybridized carbons (Fsp3) is 0.552. The molecule has 1 aromatic heterocycles. The number of Topliss-reactive ketones (excluding diaryl/α,β-unsaturated/α-hetero) is 2. The third-order valence-corrected chi connectivity index (χ3v) is 9.86. The van der Waals surface area contributed by atoms with Gasteiger partial charge in [0.1, 0.15) is 11.5 Å². The van der Waals surface area contributed by atoms with E-state index >= 15 is 0 Å². The van der Waals surface area contributed by atoms with Gasteiger partial charge in [-0.25, -0.2) is 0 Å². The van der Waals surface area contributed by atoms with E-state index in [4.69, 9.17) is 9.47 Å². The monoisotopic (exact) mass is 488 g/mol. The molecule has 2 unspecified atom stereocenters. The number of allylic oxidation sites excluding steroid dienone is 1. The molecule has 1 spiro atoms. The molecule has 7 rings (SSSR count). The third-order valence-electron chi connectivity index (χ3n) is 9.86. The van der Waals surface area contributed by atoms with Crippen molar-refractivity contribution in [1.29, 1.82) is 0 Å². The predicted molar refractivity (Wildman–Crippen MR) is 132 cm³/mol. The van der Waals surface area contributed by atoms with E-state index < -0.39 is 17.6 Å². The number of aromatic amines is 1. The van der Waals surface area contributed by atoms with Crippen LogP contribution < -0.4 is 5.32 Å². The highest BCUT2D eigenvalue weighted by molar-refractivity contribution is 6.13. The number of para-hydroxylation sites is 1. The topological polar surface area (TPSA) is 104 Å². The second-order valence-electron chi connectivity index (χ2n) is 11.9. The quantitative estimate of drug-likeness (QED) is 0.384. The SMILES string of the molecule is CC1C2[C@H](Cc3c[nH]c4ccccc34)NC(=O)[C@]23C(=O)[C@@H]2O[C@H]2C(=O)C[C@@H](C)C/C=C/[C@H]3[C@@H]2O[C@]12C. The van der Waals surface area contributed by atoms with E-state index in [0.717, 1.165) is 16.5 Å². The molecule has 3 aliphatic heterocycles. The number of aromatic nitrogens is 1. The van der Waals surface area contributed by atoms with Crippen molar-refractivity contribution >= 4 is 28.4 Å². The zero-order valence-electron chi connectivity index (χ0n) is 20.8. The number of hydrogen-bond acceptors (Lipinski definition) is 5. The molecule has 2 aliphatic carbocycles. The number of carbonyl (C=O) groups excluding carboxylic acids is 3. The Morgan fingerprint density at radius 2 is 1.92 bits per heavy atom. The highest BCUT2D eigenvalue weighted by Gasteiger charge is 2.80. The molecule has 2 aromatic rings. The number of ketones is 2. The van der Waals surface area contributed by atoms with Crippen molar-refractivity contribution in [2.24, 2.45) is 29.1 Å². The summed E-state index contributed by atoms with van der Waals surface area (Å²) in [5, 5.41) is 4.39. The van der Waals surface area contributed by atoms with Gasteiger partial charge in [-0.05, 0) is 43.2 Å². The van der Waals surface area contributed by atoms with E-state index in [1.807, 2.05) is 37.4 Å². The van der Waals surface area contributed by atoms with Crippen LogP contribution in [0.1, 0.15) is 39.2 Å². The summed E-state index contributed by atoms with van der Waals surface area (Å²) >= 11 is 0. The lowest BCUT2D eigenvalue weighted by molar-refractivity contribution is -0.149. The van der Waals surface area contributed by atoms with E-state index in [-0.39, 0.29) is 58.9 Å². The molecule has 3 saturated heterocycles. The van der Waals surface area contributed by atoms with Gasteiger partial charge < -0.3 is 19.8 Å². The van der Waals surface area contributed by atoms with Crippen LogP contribution in [0.5, 0.6) is 0 Å². The van der Waals surface area contributed by atoms with Gasteiger partial charge >= 0.3 is 0 Å². The molecule has 4 heterocycles. The summed E-state index contributed by atoms with van der Waals surface area (Å²) in [5.41, 5.74) is 0.472. The first kappa shape index (κ1) is 22.4. The lowest BCUT2D eigenvalue weighted by atomic mass is 9.51. The molecule has 1 saturated carbocycles. The Labute approximate surface area is 210 Å². The number of nitrogens with one attached hydrogen (secondary N) is 2. The minimum atomic E-state index is -1.30. The van der Waals surface area contributed by atoms with Crippen molar-refractivity contribution in [1.82, 2.24) is 10.3 Å². The number of H-pyrrole nitrogens is 1. The molecule has 188 valence electrons. The first-order valence-electron chi connectivity index (χ1n) is 13.2. The third kappa shape index (κ3) is 2.84.